The Bertz CT molecular complexity index is 1260. The molecule has 3 N–H and O–H groups in total. The first-order valence-electron chi connectivity index (χ1n) is 9.73. The van der Waals surface area contributed by atoms with Gasteiger partial charge in [-0.2, -0.15) is 0 Å². The number of carbonyl (C=O) groups excluding carboxylic acids is 1. The van der Waals surface area contributed by atoms with Crippen molar-refractivity contribution in [1.82, 2.24) is 14.3 Å². The van der Waals surface area contributed by atoms with Crippen molar-refractivity contribution >= 4 is 27.6 Å². The minimum Gasteiger partial charge on any atom is -0.371 e. The van der Waals surface area contributed by atoms with Crippen molar-refractivity contribution in [2.24, 2.45) is 10.7 Å². The van der Waals surface area contributed by atoms with Crippen LogP contribution in [0.5, 0.6) is 0 Å². The fourth-order valence-corrected chi connectivity index (χ4v) is 5.85. The number of benzene rings is 1. The summed E-state index contributed by atoms with van der Waals surface area (Å²) >= 11 is 0. The van der Waals surface area contributed by atoms with Crippen molar-refractivity contribution in [3.63, 3.8) is 0 Å². The number of aliphatic imine (C=N–C) groups is 1. The van der Waals surface area contributed by atoms with Gasteiger partial charge in [-0.05, 0) is 18.2 Å². The maximum absolute atomic E-state index is 15.0. The molecule has 2 aromatic rings. The second-order valence-corrected chi connectivity index (χ2v) is 9.69. The number of sulfonamides is 1. The van der Waals surface area contributed by atoms with Crippen LogP contribution < -0.4 is 11.1 Å². The monoisotopic (exact) mass is 502 g/mol. The van der Waals surface area contributed by atoms with Gasteiger partial charge in [-0.15, -0.1) is 0 Å². The Labute approximate surface area is 190 Å². The van der Waals surface area contributed by atoms with Crippen molar-refractivity contribution in [2.75, 3.05) is 25.6 Å². The van der Waals surface area contributed by atoms with E-state index in [2.05, 4.69) is 20.3 Å². The van der Waals surface area contributed by atoms with Gasteiger partial charge >= 0.3 is 0 Å². The molecule has 10 nitrogen and oxygen atoms in total. The predicted molar refractivity (Wildman–Crippen MR) is 111 cm³/mol. The van der Waals surface area contributed by atoms with Crippen molar-refractivity contribution in [2.45, 2.75) is 23.3 Å². The number of nitrogens with one attached hydrogen (secondary N) is 1. The molecular weight excluding hydrogens is 484 g/mol. The number of fused-ring (bicyclic) bond motifs is 1. The van der Waals surface area contributed by atoms with Gasteiger partial charge in [0.1, 0.15) is 40.8 Å². The summed E-state index contributed by atoms with van der Waals surface area (Å²) in [7, 11) is -3.15. The highest BCUT2D eigenvalue weighted by Crippen LogP contribution is 2.46. The van der Waals surface area contributed by atoms with Crippen LogP contribution in [0, 0.1) is 5.82 Å². The standard InChI is InChI=1S/C19H18F4N6O4S/c1-29-18(24)28-19(8-33-14(5-20)15(19)34(29,31)32)10-4-9(2-3-11(10)21)27-17(30)13-7-25-12(6-26-13)16(22)23/h2-4,6-7,14-16H,5,8H2,1H3,(H2,24,28)(H,27,30). The molecule has 1 aromatic heterocycles. The minimum atomic E-state index is -4.28. The van der Waals surface area contributed by atoms with Crippen LogP contribution in [0.4, 0.5) is 23.2 Å². The number of nitrogens with zero attached hydrogens (tertiary/aromatic N) is 4. The van der Waals surface area contributed by atoms with Crippen LogP contribution in [0.2, 0.25) is 0 Å². The molecule has 0 saturated carbocycles. The quantitative estimate of drug-likeness (QED) is 0.588. The summed E-state index contributed by atoms with van der Waals surface area (Å²) in [6, 6.07) is 3.27. The molecule has 3 atom stereocenters. The molecule has 3 unspecified atom stereocenters. The highest BCUT2D eigenvalue weighted by molar-refractivity contribution is 7.90. The summed E-state index contributed by atoms with van der Waals surface area (Å²) in [5, 5.41) is 0.791. The molecule has 1 saturated heterocycles. The lowest BCUT2D eigenvalue weighted by Crippen LogP contribution is -2.59. The summed E-state index contributed by atoms with van der Waals surface area (Å²) in [6.45, 7) is -1.64. The first-order valence-corrected chi connectivity index (χ1v) is 11.2. The average Bonchev–Trinajstić information content (AvgIpc) is 3.19. The summed E-state index contributed by atoms with van der Waals surface area (Å²) in [4.78, 5) is 23.7. The van der Waals surface area contributed by atoms with E-state index >= 15 is 4.39 Å². The SMILES string of the molecule is CN1C(N)=NC2(c3cc(NC(=O)c4cnc(C(F)F)cn4)ccc3F)COC(CF)C2S1(=O)=O. The number of alkyl halides is 3. The number of nitrogens with two attached hydrogens (primary N) is 1. The zero-order valence-electron chi connectivity index (χ0n) is 17.5. The molecule has 0 bridgehead atoms. The van der Waals surface area contributed by atoms with Crippen molar-refractivity contribution in [3.05, 3.63) is 53.4 Å². The van der Waals surface area contributed by atoms with Crippen LogP contribution in [-0.4, -0.2) is 66.2 Å². The number of hydrogen-bond donors (Lipinski definition) is 2. The van der Waals surface area contributed by atoms with E-state index in [0.717, 1.165) is 31.6 Å². The minimum absolute atomic E-state index is 0.00283. The number of amides is 1. The number of carbonyl (C=O) groups is 1. The van der Waals surface area contributed by atoms with Crippen molar-refractivity contribution in [1.29, 1.82) is 0 Å². The third kappa shape index (κ3) is 3.73. The molecule has 1 aromatic carbocycles. The van der Waals surface area contributed by atoms with Gasteiger partial charge in [-0.3, -0.25) is 9.78 Å². The highest BCUT2D eigenvalue weighted by atomic mass is 32.2. The molecule has 4 rings (SSSR count). The van der Waals surface area contributed by atoms with E-state index < -0.39 is 70.0 Å². The van der Waals surface area contributed by atoms with E-state index in [0.29, 0.717) is 4.31 Å². The summed E-state index contributed by atoms with van der Waals surface area (Å²) in [6.07, 6.45) is -2.70. The van der Waals surface area contributed by atoms with Gasteiger partial charge in [0.2, 0.25) is 16.0 Å². The smallest absolute Gasteiger partial charge is 0.281 e. The molecule has 1 fully saturated rings. The second kappa shape index (κ2) is 8.47. The Morgan fingerprint density at radius 3 is 2.71 bits per heavy atom. The number of halogens is 4. The third-order valence-corrected chi connectivity index (χ3v) is 7.92. The molecule has 0 aliphatic carbocycles. The zero-order valence-corrected chi connectivity index (χ0v) is 18.3. The average molecular weight is 502 g/mol. The number of rotatable bonds is 5. The maximum Gasteiger partial charge on any atom is 0.281 e. The maximum atomic E-state index is 15.0. The van der Waals surface area contributed by atoms with Crippen LogP contribution in [0.1, 0.15) is 28.2 Å². The van der Waals surface area contributed by atoms with Crippen LogP contribution in [0.25, 0.3) is 0 Å². The van der Waals surface area contributed by atoms with Gasteiger partial charge in [0.05, 0.1) is 19.0 Å². The lowest BCUT2D eigenvalue weighted by Gasteiger charge is -2.39. The summed E-state index contributed by atoms with van der Waals surface area (Å²) in [5.74, 6) is -2.17. The normalized spacial score (nSPS) is 25.7. The molecule has 34 heavy (non-hydrogen) atoms. The summed E-state index contributed by atoms with van der Waals surface area (Å²) < 4.78 is 86.0. The fourth-order valence-electron chi connectivity index (χ4n) is 3.94. The van der Waals surface area contributed by atoms with Gasteiger partial charge in [0.25, 0.3) is 12.3 Å². The van der Waals surface area contributed by atoms with Crippen molar-refractivity contribution in [3.8, 4) is 0 Å². The number of anilines is 1. The number of hydrogen-bond acceptors (Lipinski definition) is 8. The largest absolute Gasteiger partial charge is 0.371 e. The van der Waals surface area contributed by atoms with Crippen LogP contribution >= 0.6 is 0 Å². The number of aromatic nitrogens is 2. The fraction of sp³-hybridized carbons (Fsp3) is 0.368. The van der Waals surface area contributed by atoms with E-state index in [1.807, 2.05) is 0 Å². The molecule has 1 amide bonds. The Hall–Kier alpha value is -3.33. The molecule has 3 heterocycles. The van der Waals surface area contributed by atoms with Gasteiger partial charge in [0, 0.05) is 18.3 Å². The first-order chi connectivity index (χ1) is 16.0. The molecule has 0 radical (unpaired) electrons. The van der Waals surface area contributed by atoms with Crippen LogP contribution in [-0.2, 0) is 20.3 Å². The highest BCUT2D eigenvalue weighted by Gasteiger charge is 2.62. The Morgan fingerprint density at radius 1 is 1.35 bits per heavy atom. The van der Waals surface area contributed by atoms with Crippen LogP contribution in [0.3, 0.4) is 0 Å². The van der Waals surface area contributed by atoms with E-state index in [1.165, 1.54) is 6.07 Å². The predicted octanol–water partition coefficient (Wildman–Crippen LogP) is 1.33. The molecular formula is C19H18F4N6O4S. The molecule has 0 spiro atoms. The molecule has 182 valence electrons. The number of ether oxygens (including phenoxy) is 1. The van der Waals surface area contributed by atoms with E-state index in [4.69, 9.17) is 10.5 Å². The van der Waals surface area contributed by atoms with Crippen LogP contribution in [0.15, 0.2) is 35.6 Å². The molecule has 15 heteroatoms. The van der Waals surface area contributed by atoms with Gasteiger partial charge in [-0.25, -0.2) is 40.3 Å². The topological polar surface area (TPSA) is 140 Å². The van der Waals surface area contributed by atoms with Gasteiger partial charge < -0.3 is 15.8 Å². The van der Waals surface area contributed by atoms with Crippen molar-refractivity contribution < 1.29 is 35.5 Å². The Kier molecular flexibility index (Phi) is 5.93. The van der Waals surface area contributed by atoms with E-state index in [-0.39, 0.29) is 16.9 Å². The van der Waals surface area contributed by atoms with E-state index in [1.54, 1.807) is 0 Å². The molecule has 2 aliphatic heterocycles. The Morgan fingerprint density at radius 2 is 2.09 bits per heavy atom. The molecule has 2 aliphatic rings. The Balaban J connectivity index is 1.73. The van der Waals surface area contributed by atoms with Gasteiger partial charge in [-0.1, -0.05) is 0 Å². The lowest BCUT2D eigenvalue weighted by atomic mass is 9.86. The number of guanidine groups is 1. The summed E-state index contributed by atoms with van der Waals surface area (Å²) in [5.41, 5.74) is 2.68. The van der Waals surface area contributed by atoms with Gasteiger partial charge in [0.15, 0.2) is 0 Å². The first kappa shape index (κ1) is 23.8. The van der Waals surface area contributed by atoms with E-state index in [9.17, 15) is 26.4 Å². The third-order valence-electron chi connectivity index (χ3n) is 5.64. The zero-order chi connectivity index (χ0) is 24.8. The second-order valence-electron chi connectivity index (χ2n) is 7.61. The lowest BCUT2D eigenvalue weighted by molar-refractivity contribution is 0.0847.